The molecule has 4 rings (SSSR count). The van der Waals surface area contributed by atoms with Gasteiger partial charge in [-0.25, -0.2) is 4.98 Å². The molecule has 3 N–H and O–H groups in total. The highest BCUT2D eigenvalue weighted by Crippen LogP contribution is 2.23. The molecule has 0 saturated heterocycles. The number of H-pyrrole nitrogens is 2. The van der Waals surface area contributed by atoms with Gasteiger partial charge in [-0.2, -0.15) is 0 Å². The average molecular weight is 310 g/mol. The van der Waals surface area contributed by atoms with Crippen LogP contribution in [0.3, 0.4) is 0 Å². The number of para-hydroxylation sites is 1. The number of imidazole rings is 1. The summed E-state index contributed by atoms with van der Waals surface area (Å²) in [6, 6.07) is 7.68. The maximum absolute atomic E-state index is 11.6. The first kappa shape index (κ1) is 14.0. The van der Waals surface area contributed by atoms with E-state index in [0.29, 0.717) is 19.5 Å². The van der Waals surface area contributed by atoms with E-state index in [1.807, 2.05) is 23.2 Å². The Morgan fingerprint density at radius 3 is 3.09 bits per heavy atom. The molecule has 1 aliphatic heterocycles. The Hall–Kier alpha value is -2.60. The van der Waals surface area contributed by atoms with Crippen molar-refractivity contribution in [2.24, 2.45) is 0 Å². The zero-order valence-electron chi connectivity index (χ0n) is 12.6. The van der Waals surface area contributed by atoms with Crippen LogP contribution < -0.4 is 0 Å². The van der Waals surface area contributed by atoms with Crippen molar-refractivity contribution in [3.8, 4) is 0 Å². The molecule has 23 heavy (non-hydrogen) atoms. The number of rotatable bonds is 4. The Bertz CT molecular complexity index is 851. The molecule has 3 heterocycles. The van der Waals surface area contributed by atoms with Crippen molar-refractivity contribution in [1.82, 2.24) is 19.9 Å². The van der Waals surface area contributed by atoms with Gasteiger partial charge in [0.1, 0.15) is 6.04 Å². The van der Waals surface area contributed by atoms with Gasteiger partial charge in [0.2, 0.25) is 0 Å². The van der Waals surface area contributed by atoms with Gasteiger partial charge in [-0.05, 0) is 18.1 Å². The number of carbonyl (C=O) groups is 1. The molecule has 0 unspecified atom stereocenters. The molecule has 1 aliphatic rings. The van der Waals surface area contributed by atoms with Crippen LogP contribution in [-0.4, -0.2) is 43.5 Å². The fourth-order valence-electron chi connectivity index (χ4n) is 3.37. The number of hydrogen-bond acceptors (Lipinski definition) is 3. The van der Waals surface area contributed by atoms with Gasteiger partial charge in [-0.3, -0.25) is 9.69 Å². The second-order valence-corrected chi connectivity index (χ2v) is 5.97. The van der Waals surface area contributed by atoms with Gasteiger partial charge in [-0.15, -0.1) is 0 Å². The molecule has 1 atom stereocenters. The summed E-state index contributed by atoms with van der Waals surface area (Å²) in [5.41, 5.74) is 4.24. The molecule has 0 saturated carbocycles. The number of carboxylic acid groups (broad SMARTS) is 1. The number of carboxylic acids is 1. The van der Waals surface area contributed by atoms with Crippen molar-refractivity contribution in [3.05, 3.63) is 53.7 Å². The third-order valence-corrected chi connectivity index (χ3v) is 4.62. The summed E-state index contributed by atoms with van der Waals surface area (Å²) in [6.45, 7) is 1.31. The van der Waals surface area contributed by atoms with Crippen molar-refractivity contribution < 1.29 is 9.90 Å². The largest absolute Gasteiger partial charge is 0.480 e. The normalized spacial score (nSPS) is 18.2. The minimum Gasteiger partial charge on any atom is -0.480 e. The molecule has 0 amide bonds. The van der Waals surface area contributed by atoms with Crippen molar-refractivity contribution in [3.63, 3.8) is 0 Å². The molecule has 0 fully saturated rings. The topological polar surface area (TPSA) is 85.0 Å². The third-order valence-electron chi connectivity index (χ3n) is 4.62. The van der Waals surface area contributed by atoms with Crippen LogP contribution in [0.2, 0.25) is 0 Å². The van der Waals surface area contributed by atoms with Crippen LogP contribution in [0.15, 0.2) is 36.8 Å². The predicted octanol–water partition coefficient (Wildman–Crippen LogP) is 1.94. The Labute approximate surface area is 133 Å². The van der Waals surface area contributed by atoms with Gasteiger partial charge >= 0.3 is 5.97 Å². The lowest BCUT2D eigenvalue weighted by Crippen LogP contribution is -2.46. The van der Waals surface area contributed by atoms with Gasteiger partial charge in [0, 0.05) is 36.6 Å². The van der Waals surface area contributed by atoms with E-state index in [4.69, 9.17) is 0 Å². The second kappa shape index (κ2) is 5.55. The van der Waals surface area contributed by atoms with Crippen LogP contribution in [0, 0.1) is 0 Å². The molecular weight excluding hydrogens is 292 g/mol. The monoisotopic (exact) mass is 310 g/mol. The maximum Gasteiger partial charge on any atom is 0.321 e. The van der Waals surface area contributed by atoms with E-state index in [2.05, 4.69) is 27.1 Å². The van der Waals surface area contributed by atoms with E-state index >= 15 is 0 Å². The average Bonchev–Trinajstić information content (AvgIpc) is 3.18. The molecule has 3 aromatic rings. The van der Waals surface area contributed by atoms with Gasteiger partial charge in [-0.1, -0.05) is 18.2 Å². The van der Waals surface area contributed by atoms with Crippen LogP contribution in [-0.2, 0) is 24.2 Å². The SMILES string of the molecule is O=C(O)[C@@H]1Cc2nc[nH]c2CN1CCc1c[nH]c2ccccc12. The molecular formula is C17H18N4O2. The summed E-state index contributed by atoms with van der Waals surface area (Å²) < 4.78 is 0. The van der Waals surface area contributed by atoms with Crippen LogP contribution in [0.25, 0.3) is 10.9 Å². The number of hydrogen-bond donors (Lipinski definition) is 3. The lowest BCUT2D eigenvalue weighted by Gasteiger charge is -2.32. The predicted molar refractivity (Wildman–Crippen MR) is 86.1 cm³/mol. The van der Waals surface area contributed by atoms with Gasteiger partial charge < -0.3 is 15.1 Å². The fraction of sp³-hybridized carbons (Fsp3) is 0.294. The molecule has 0 aliphatic carbocycles. The number of aromatic amines is 2. The highest BCUT2D eigenvalue weighted by molar-refractivity contribution is 5.83. The number of benzene rings is 1. The van der Waals surface area contributed by atoms with Gasteiger partial charge in [0.15, 0.2) is 0 Å². The molecule has 6 heteroatoms. The van der Waals surface area contributed by atoms with Crippen LogP contribution in [0.4, 0.5) is 0 Å². The Kier molecular flexibility index (Phi) is 3.38. The Morgan fingerprint density at radius 1 is 1.35 bits per heavy atom. The number of aromatic nitrogens is 3. The van der Waals surface area contributed by atoms with E-state index in [-0.39, 0.29) is 0 Å². The highest BCUT2D eigenvalue weighted by atomic mass is 16.4. The van der Waals surface area contributed by atoms with Crippen LogP contribution in [0.5, 0.6) is 0 Å². The highest BCUT2D eigenvalue weighted by Gasteiger charge is 2.32. The summed E-state index contributed by atoms with van der Waals surface area (Å²) in [4.78, 5) is 24.2. The third kappa shape index (κ3) is 2.51. The summed E-state index contributed by atoms with van der Waals surface area (Å²) in [7, 11) is 0. The number of nitrogens with one attached hydrogen (secondary N) is 2. The van der Waals surface area contributed by atoms with Crippen molar-refractivity contribution in [1.29, 1.82) is 0 Å². The zero-order chi connectivity index (χ0) is 15.8. The van der Waals surface area contributed by atoms with E-state index in [9.17, 15) is 9.90 Å². The first-order valence-electron chi connectivity index (χ1n) is 7.75. The zero-order valence-corrected chi connectivity index (χ0v) is 12.6. The maximum atomic E-state index is 11.6. The minimum atomic E-state index is -0.780. The molecule has 6 nitrogen and oxygen atoms in total. The van der Waals surface area contributed by atoms with Crippen molar-refractivity contribution in [2.75, 3.05) is 6.54 Å². The molecule has 0 radical (unpaired) electrons. The number of nitrogens with zero attached hydrogens (tertiary/aromatic N) is 2. The van der Waals surface area contributed by atoms with E-state index in [0.717, 1.165) is 23.3 Å². The fourth-order valence-corrected chi connectivity index (χ4v) is 3.37. The quantitative estimate of drug-likeness (QED) is 0.687. The van der Waals surface area contributed by atoms with Crippen molar-refractivity contribution >= 4 is 16.9 Å². The molecule has 0 bridgehead atoms. The van der Waals surface area contributed by atoms with E-state index < -0.39 is 12.0 Å². The molecule has 118 valence electrons. The first-order chi connectivity index (χ1) is 11.2. The molecule has 2 aromatic heterocycles. The molecule has 1 aromatic carbocycles. The van der Waals surface area contributed by atoms with Gasteiger partial charge in [0.05, 0.1) is 17.7 Å². The van der Waals surface area contributed by atoms with E-state index in [1.165, 1.54) is 10.9 Å². The van der Waals surface area contributed by atoms with E-state index in [1.54, 1.807) is 6.33 Å². The summed E-state index contributed by atoms with van der Waals surface area (Å²) >= 11 is 0. The number of aliphatic carboxylic acids is 1. The molecule has 0 spiro atoms. The lowest BCUT2D eigenvalue weighted by molar-refractivity contribution is -0.144. The summed E-state index contributed by atoms with van der Waals surface area (Å²) in [6.07, 6.45) is 4.94. The van der Waals surface area contributed by atoms with Crippen LogP contribution >= 0.6 is 0 Å². The minimum absolute atomic E-state index is 0.460. The lowest BCUT2D eigenvalue weighted by atomic mass is 10.0. The standard InChI is InChI=1S/C17H18N4O2/c22-17(23)16-7-14-15(20-10-19-14)9-21(16)6-5-11-8-18-13-4-2-1-3-12(11)13/h1-4,8,10,16,18H,5-7,9H2,(H,19,20)(H,22,23)/t16-/m0/s1. The van der Waals surface area contributed by atoms with Crippen molar-refractivity contribution in [2.45, 2.75) is 25.4 Å². The second-order valence-electron chi connectivity index (χ2n) is 5.97. The summed E-state index contributed by atoms with van der Waals surface area (Å²) in [5.74, 6) is -0.780. The Balaban J connectivity index is 1.54. The number of fused-ring (bicyclic) bond motifs is 2. The first-order valence-corrected chi connectivity index (χ1v) is 7.75. The Morgan fingerprint density at radius 2 is 2.22 bits per heavy atom. The summed E-state index contributed by atoms with van der Waals surface area (Å²) in [5, 5.41) is 10.7. The van der Waals surface area contributed by atoms with Gasteiger partial charge in [0.25, 0.3) is 0 Å². The van der Waals surface area contributed by atoms with Crippen LogP contribution in [0.1, 0.15) is 17.0 Å². The smallest absolute Gasteiger partial charge is 0.321 e.